The number of aromatic amines is 1. The van der Waals surface area contributed by atoms with Gasteiger partial charge in [0.25, 0.3) is 5.56 Å². The first-order valence-corrected chi connectivity index (χ1v) is 10.3. The van der Waals surface area contributed by atoms with E-state index < -0.39 is 18.6 Å². The first-order valence-electron chi connectivity index (χ1n) is 9.47. The molecule has 2 aromatic heterocycles. The van der Waals surface area contributed by atoms with Crippen molar-refractivity contribution in [2.75, 3.05) is 6.54 Å². The van der Waals surface area contributed by atoms with Crippen LogP contribution < -0.4 is 5.56 Å². The summed E-state index contributed by atoms with van der Waals surface area (Å²) in [5.74, 6) is -1.91. The van der Waals surface area contributed by atoms with Gasteiger partial charge in [-0.2, -0.15) is 0 Å². The minimum atomic E-state index is -0.820. The van der Waals surface area contributed by atoms with Gasteiger partial charge in [0.1, 0.15) is 11.4 Å². The number of fused-ring (bicyclic) bond motifs is 2. The second-order valence-corrected chi connectivity index (χ2v) is 8.67. The summed E-state index contributed by atoms with van der Waals surface area (Å²) >= 11 is 1.41. The van der Waals surface area contributed by atoms with Gasteiger partial charge >= 0.3 is 5.97 Å². The fraction of sp³-hybridized carbons (Fsp3) is 0.450. The van der Waals surface area contributed by atoms with Crippen LogP contribution >= 0.6 is 11.3 Å². The molecule has 9 heteroatoms. The van der Waals surface area contributed by atoms with Gasteiger partial charge in [-0.3, -0.25) is 24.1 Å². The third-order valence-electron chi connectivity index (χ3n) is 5.64. The summed E-state index contributed by atoms with van der Waals surface area (Å²) in [6.07, 6.45) is 3.99. The highest BCUT2D eigenvalue weighted by Gasteiger charge is 2.47. The molecule has 29 heavy (non-hydrogen) atoms. The topological polar surface area (TPSA) is 109 Å². The highest BCUT2D eigenvalue weighted by molar-refractivity contribution is 7.18. The predicted molar refractivity (Wildman–Crippen MR) is 106 cm³/mol. The maximum atomic E-state index is 12.5. The second kappa shape index (κ2) is 7.22. The molecule has 0 aromatic carbocycles. The van der Waals surface area contributed by atoms with Crippen LogP contribution in [0.15, 0.2) is 16.9 Å². The molecule has 2 aromatic rings. The van der Waals surface area contributed by atoms with Crippen molar-refractivity contribution < 1.29 is 19.1 Å². The zero-order valence-electron chi connectivity index (χ0n) is 16.4. The summed E-state index contributed by atoms with van der Waals surface area (Å²) in [7, 11) is 0. The minimum Gasteiger partial charge on any atom is -0.453 e. The predicted octanol–water partition coefficient (Wildman–Crippen LogP) is 2.16. The molecule has 2 aliphatic rings. The van der Waals surface area contributed by atoms with E-state index in [9.17, 15) is 19.2 Å². The van der Waals surface area contributed by atoms with Gasteiger partial charge in [-0.15, -0.1) is 11.3 Å². The Balaban J connectivity index is 1.48. The van der Waals surface area contributed by atoms with Crippen molar-refractivity contribution in [1.29, 1.82) is 0 Å². The van der Waals surface area contributed by atoms with Gasteiger partial charge < -0.3 is 9.72 Å². The number of hydrogen-bond acceptors (Lipinski definition) is 7. The Kier molecular flexibility index (Phi) is 4.85. The van der Waals surface area contributed by atoms with Gasteiger partial charge in [-0.1, -0.05) is 12.2 Å². The largest absolute Gasteiger partial charge is 0.453 e. The lowest BCUT2D eigenvalue weighted by Gasteiger charge is -2.17. The monoisotopic (exact) mass is 415 g/mol. The summed E-state index contributed by atoms with van der Waals surface area (Å²) in [4.78, 5) is 59.4. The summed E-state index contributed by atoms with van der Waals surface area (Å²) in [5, 5.41) is 0.541. The van der Waals surface area contributed by atoms with E-state index in [2.05, 4.69) is 9.97 Å². The molecule has 8 nitrogen and oxygen atoms in total. The average Bonchev–Trinajstić information content (AvgIpc) is 3.10. The molecule has 0 saturated carbocycles. The molecule has 4 rings (SSSR count). The third kappa shape index (κ3) is 3.29. The summed E-state index contributed by atoms with van der Waals surface area (Å²) in [6, 6.07) is 0. The molecule has 3 atom stereocenters. The van der Waals surface area contributed by atoms with Crippen LogP contribution in [0.4, 0.5) is 0 Å². The number of carbonyl (C=O) groups is 3. The van der Waals surface area contributed by atoms with Crippen LogP contribution in [0.3, 0.4) is 0 Å². The van der Waals surface area contributed by atoms with Crippen molar-refractivity contribution in [3.8, 4) is 0 Å². The first kappa shape index (κ1) is 19.5. The minimum absolute atomic E-state index is 0.231. The number of thiophene rings is 1. The van der Waals surface area contributed by atoms with Crippen molar-refractivity contribution in [3.63, 3.8) is 0 Å². The summed E-state index contributed by atoms with van der Waals surface area (Å²) < 4.78 is 5.36. The number of likely N-dealkylation sites (tertiary alicyclic amines) is 1. The number of allylic oxidation sites excluding steroid dienone is 2. The number of esters is 1. The van der Waals surface area contributed by atoms with E-state index in [1.54, 1.807) is 6.92 Å². The van der Waals surface area contributed by atoms with Gasteiger partial charge in [0.05, 0.1) is 17.2 Å². The fourth-order valence-electron chi connectivity index (χ4n) is 3.91. The lowest BCUT2D eigenvalue weighted by atomic mass is 9.85. The number of hydrogen-bond donors (Lipinski definition) is 1. The van der Waals surface area contributed by atoms with Crippen LogP contribution in [0.5, 0.6) is 0 Å². The van der Waals surface area contributed by atoms with E-state index in [1.165, 1.54) is 11.3 Å². The number of nitrogens with one attached hydrogen (secondary N) is 1. The molecule has 0 unspecified atom stereocenters. The number of rotatable bonds is 4. The van der Waals surface area contributed by atoms with Crippen molar-refractivity contribution in [1.82, 2.24) is 14.9 Å². The Morgan fingerprint density at radius 1 is 1.24 bits per heavy atom. The molecule has 0 radical (unpaired) electrons. The molecule has 0 bridgehead atoms. The van der Waals surface area contributed by atoms with Crippen molar-refractivity contribution in [3.05, 3.63) is 38.8 Å². The smallest absolute Gasteiger partial charge is 0.326 e. The number of H-pyrrole nitrogens is 1. The molecular formula is C20H21N3O5S. The number of aryl methyl sites for hydroxylation is 2. The summed E-state index contributed by atoms with van der Waals surface area (Å²) in [5.41, 5.74) is 0.605. The number of nitrogens with zero attached hydrogens (tertiary/aromatic N) is 2. The first-order chi connectivity index (χ1) is 13.8. The standard InChI is InChI=1S/C20H21N3O5S/c1-9-11(3)29-18-15(9)17(25)21-16(22-18)10(2)28-14(24)8-23-19(26)12-6-4-5-7-13(12)20(23)27/h4-5,10,12-13H,6-8H2,1-3H3,(H,21,22,25)/t10-,12-,13+/m0/s1. The molecule has 1 N–H and O–H groups in total. The number of carbonyl (C=O) groups excluding carboxylic acids is 3. The van der Waals surface area contributed by atoms with Gasteiger partial charge in [0.2, 0.25) is 11.8 Å². The Morgan fingerprint density at radius 3 is 2.48 bits per heavy atom. The molecule has 3 heterocycles. The molecule has 1 saturated heterocycles. The highest BCUT2D eigenvalue weighted by Crippen LogP contribution is 2.35. The van der Waals surface area contributed by atoms with Crippen LogP contribution in [-0.4, -0.2) is 39.2 Å². The van der Waals surface area contributed by atoms with Crippen LogP contribution in [0.2, 0.25) is 0 Å². The highest BCUT2D eigenvalue weighted by atomic mass is 32.1. The van der Waals surface area contributed by atoms with Crippen molar-refractivity contribution in [2.24, 2.45) is 11.8 Å². The molecular weight excluding hydrogens is 394 g/mol. The quantitative estimate of drug-likeness (QED) is 0.466. The molecule has 1 aliphatic carbocycles. The van der Waals surface area contributed by atoms with Crippen molar-refractivity contribution >= 4 is 39.3 Å². The van der Waals surface area contributed by atoms with Crippen LogP contribution in [-0.2, 0) is 19.1 Å². The van der Waals surface area contributed by atoms with Crippen molar-refractivity contribution in [2.45, 2.75) is 39.7 Å². The SMILES string of the molecule is Cc1sc2nc([C@H](C)OC(=O)CN3C(=O)[C@H]4CC=CC[C@H]4C3=O)[nH]c(=O)c2c1C. The van der Waals surface area contributed by atoms with Crippen LogP contribution in [0.25, 0.3) is 10.2 Å². The fourth-order valence-corrected chi connectivity index (χ4v) is 4.95. The lowest BCUT2D eigenvalue weighted by molar-refractivity contribution is -0.156. The van der Waals surface area contributed by atoms with Gasteiger partial charge in [-0.25, -0.2) is 4.98 Å². The molecule has 1 aliphatic heterocycles. The van der Waals surface area contributed by atoms with Gasteiger partial charge in [0.15, 0.2) is 11.9 Å². The number of ether oxygens (including phenoxy) is 1. The third-order valence-corrected chi connectivity index (χ3v) is 6.74. The Labute approximate surface area is 170 Å². The van der Waals surface area contributed by atoms with Crippen LogP contribution in [0.1, 0.15) is 42.1 Å². The normalized spacial score (nSPS) is 22.2. The van der Waals surface area contributed by atoms with Gasteiger partial charge in [0, 0.05) is 4.88 Å². The van der Waals surface area contributed by atoms with E-state index in [-0.39, 0.29) is 35.0 Å². The zero-order chi connectivity index (χ0) is 20.9. The Hall–Kier alpha value is -2.81. The zero-order valence-corrected chi connectivity index (χ0v) is 17.2. The molecule has 152 valence electrons. The van der Waals surface area contributed by atoms with E-state index >= 15 is 0 Å². The number of imide groups is 1. The average molecular weight is 415 g/mol. The number of aromatic nitrogens is 2. The number of amides is 2. The molecule has 0 spiro atoms. The van der Waals surface area contributed by atoms with E-state index in [4.69, 9.17) is 4.74 Å². The maximum absolute atomic E-state index is 12.5. The Morgan fingerprint density at radius 2 is 1.86 bits per heavy atom. The second-order valence-electron chi connectivity index (χ2n) is 7.47. The maximum Gasteiger partial charge on any atom is 0.326 e. The molecule has 2 amide bonds. The van der Waals surface area contributed by atoms with E-state index in [1.807, 2.05) is 26.0 Å². The van der Waals surface area contributed by atoms with Gasteiger partial charge in [-0.05, 0) is 39.2 Å². The lowest BCUT2D eigenvalue weighted by Crippen LogP contribution is -2.37. The van der Waals surface area contributed by atoms with E-state index in [0.717, 1.165) is 15.3 Å². The molecule has 1 fully saturated rings. The van der Waals surface area contributed by atoms with Crippen LogP contribution in [0, 0.1) is 25.7 Å². The van der Waals surface area contributed by atoms with E-state index in [0.29, 0.717) is 23.1 Å². The Bertz CT molecular complexity index is 1090. The summed E-state index contributed by atoms with van der Waals surface area (Å²) in [6.45, 7) is 4.94.